The maximum atomic E-state index is 6.92. The summed E-state index contributed by atoms with van der Waals surface area (Å²) in [5.74, 6) is 2.63. The maximum absolute atomic E-state index is 6.92. The Bertz CT molecular complexity index is 2260. The van der Waals surface area contributed by atoms with Gasteiger partial charge in [-0.3, -0.25) is 0 Å². The van der Waals surface area contributed by atoms with Crippen LogP contribution in [-0.2, 0) is 0 Å². The molecule has 0 fully saturated rings. The first-order valence-electron chi connectivity index (χ1n) is 16.9. The van der Waals surface area contributed by atoms with Crippen molar-refractivity contribution in [3.8, 4) is 11.5 Å². The molecule has 0 amide bonds. The summed E-state index contributed by atoms with van der Waals surface area (Å²) in [6, 6.07) is 58.7. The summed E-state index contributed by atoms with van der Waals surface area (Å²) in [6.07, 6.45) is 0. The summed E-state index contributed by atoms with van der Waals surface area (Å²) in [4.78, 5) is 2.65. The van der Waals surface area contributed by atoms with Crippen molar-refractivity contribution >= 4 is 11.8 Å². The number of benzene rings is 7. The van der Waals surface area contributed by atoms with Crippen molar-refractivity contribution in [2.45, 2.75) is 33.5 Å². The molecule has 48 heavy (non-hydrogen) atoms. The minimum absolute atomic E-state index is 0.110. The van der Waals surface area contributed by atoms with Gasteiger partial charge in [-0.05, 0) is 79.9 Å². The van der Waals surface area contributed by atoms with Crippen LogP contribution >= 0.6 is 11.8 Å². The molecule has 0 spiro atoms. The molecular weight excluding hydrogens is 601 g/mol. The Morgan fingerprint density at radius 2 is 0.833 bits per heavy atom. The Labute approximate surface area is 284 Å². The third-order valence-electron chi connectivity index (χ3n) is 11.1. The molecule has 2 aliphatic carbocycles. The van der Waals surface area contributed by atoms with Crippen molar-refractivity contribution in [3.63, 3.8) is 0 Å². The van der Waals surface area contributed by atoms with E-state index in [1.165, 1.54) is 76.6 Å². The lowest BCUT2D eigenvalue weighted by atomic mass is 9.66. The van der Waals surface area contributed by atoms with Crippen LogP contribution < -0.4 is 4.74 Å². The Kier molecular flexibility index (Phi) is 5.62. The maximum Gasteiger partial charge on any atom is 0.132 e. The van der Waals surface area contributed by atoms with Crippen LogP contribution in [0.2, 0.25) is 0 Å². The molecular formula is C46H30OS. The molecule has 2 heteroatoms. The molecule has 0 radical (unpaired) electrons. The van der Waals surface area contributed by atoms with Gasteiger partial charge in [0.25, 0.3) is 0 Å². The highest BCUT2D eigenvalue weighted by Gasteiger charge is 2.43. The molecule has 1 nitrogen and oxygen atoms in total. The number of fused-ring (bicyclic) bond motifs is 8. The third-order valence-corrected chi connectivity index (χ3v) is 12.3. The number of ether oxygens (including phenoxy) is 1. The fourth-order valence-corrected chi connectivity index (χ4v) is 10.4. The molecule has 226 valence electrons. The summed E-state index contributed by atoms with van der Waals surface area (Å²) >= 11 is 1.90. The first-order valence-corrected chi connectivity index (χ1v) is 17.7. The van der Waals surface area contributed by atoms with E-state index in [-0.39, 0.29) is 23.7 Å². The van der Waals surface area contributed by atoms with E-state index in [1.807, 2.05) is 11.8 Å². The van der Waals surface area contributed by atoms with E-state index >= 15 is 0 Å². The molecule has 4 atom stereocenters. The van der Waals surface area contributed by atoms with Crippen LogP contribution in [0.3, 0.4) is 0 Å². The van der Waals surface area contributed by atoms with Crippen LogP contribution in [0.4, 0.5) is 0 Å². The van der Waals surface area contributed by atoms with E-state index < -0.39 is 0 Å². The summed E-state index contributed by atoms with van der Waals surface area (Å²) < 4.78 is 6.92. The molecule has 4 aliphatic rings. The number of hydrogen-bond donors (Lipinski definition) is 0. The van der Waals surface area contributed by atoms with Crippen molar-refractivity contribution in [1.82, 2.24) is 0 Å². The molecule has 0 aromatic heterocycles. The van der Waals surface area contributed by atoms with Gasteiger partial charge in [0, 0.05) is 44.6 Å². The second-order valence-corrected chi connectivity index (χ2v) is 14.5. The first-order chi connectivity index (χ1) is 23.8. The van der Waals surface area contributed by atoms with E-state index in [4.69, 9.17) is 4.74 Å². The second kappa shape index (κ2) is 10.1. The number of rotatable bonds is 2. The predicted octanol–water partition coefficient (Wildman–Crippen LogP) is 11.6. The highest BCUT2D eigenvalue weighted by molar-refractivity contribution is 7.99. The van der Waals surface area contributed by atoms with E-state index in [1.54, 1.807) is 0 Å². The largest absolute Gasteiger partial charge is 0.457 e. The van der Waals surface area contributed by atoms with Crippen molar-refractivity contribution in [2.24, 2.45) is 0 Å². The fraction of sp³-hybridized carbons (Fsp3) is 0.0870. The molecule has 7 aromatic carbocycles. The van der Waals surface area contributed by atoms with E-state index in [0.717, 1.165) is 11.5 Å². The molecule has 0 saturated carbocycles. The third kappa shape index (κ3) is 3.64. The van der Waals surface area contributed by atoms with Crippen molar-refractivity contribution in [3.05, 3.63) is 224 Å². The van der Waals surface area contributed by atoms with Gasteiger partial charge in [-0.2, -0.15) is 0 Å². The highest BCUT2D eigenvalue weighted by Crippen LogP contribution is 2.61. The van der Waals surface area contributed by atoms with Gasteiger partial charge in [-0.15, -0.1) is 0 Å². The molecule has 0 N–H and O–H groups in total. The average Bonchev–Trinajstić information content (AvgIpc) is 3.14. The van der Waals surface area contributed by atoms with Gasteiger partial charge in [0.2, 0.25) is 0 Å². The zero-order chi connectivity index (χ0) is 31.3. The quantitative estimate of drug-likeness (QED) is 0.188. The average molecular weight is 631 g/mol. The predicted molar refractivity (Wildman–Crippen MR) is 193 cm³/mol. The standard InChI is InChI=1S/C46H30OS/c1-3-13-27(14-4-1)41-29-17-7-9-19-31(29)43-35-25-36-40(26-38(35)47-37-23-11-21-33(41)45(37)43)48-39-24-12-22-34-42(28-15-5-2-6-16-28)30-18-8-10-20-32(30)44(36)46(34)39/h1-26,41-44H. The van der Waals surface area contributed by atoms with Crippen LogP contribution in [0.15, 0.2) is 168 Å². The molecule has 0 bridgehead atoms. The molecule has 2 heterocycles. The lowest BCUT2D eigenvalue weighted by Crippen LogP contribution is -2.25. The molecule has 4 unspecified atom stereocenters. The van der Waals surface area contributed by atoms with Gasteiger partial charge in [0.1, 0.15) is 11.5 Å². The molecule has 7 aromatic rings. The first kappa shape index (κ1) is 26.7. The van der Waals surface area contributed by atoms with Crippen LogP contribution in [-0.4, -0.2) is 0 Å². The Morgan fingerprint density at radius 3 is 1.46 bits per heavy atom. The Hall–Kier alpha value is -5.31. The highest BCUT2D eigenvalue weighted by atomic mass is 32.2. The summed E-state index contributed by atoms with van der Waals surface area (Å²) in [7, 11) is 0. The number of hydrogen-bond acceptors (Lipinski definition) is 2. The van der Waals surface area contributed by atoms with Crippen molar-refractivity contribution in [2.75, 3.05) is 0 Å². The summed E-state index contributed by atoms with van der Waals surface area (Å²) in [6.45, 7) is 0. The summed E-state index contributed by atoms with van der Waals surface area (Å²) in [5, 5.41) is 0. The Morgan fingerprint density at radius 1 is 0.333 bits per heavy atom. The van der Waals surface area contributed by atoms with Crippen LogP contribution in [0.5, 0.6) is 11.5 Å². The van der Waals surface area contributed by atoms with Crippen LogP contribution in [0.1, 0.15) is 90.4 Å². The molecule has 0 saturated heterocycles. The lowest BCUT2D eigenvalue weighted by Gasteiger charge is -2.42. The van der Waals surface area contributed by atoms with Crippen molar-refractivity contribution < 1.29 is 4.74 Å². The van der Waals surface area contributed by atoms with Gasteiger partial charge in [-0.1, -0.05) is 145 Å². The zero-order valence-electron chi connectivity index (χ0n) is 26.1. The van der Waals surface area contributed by atoms with Crippen LogP contribution in [0.25, 0.3) is 0 Å². The van der Waals surface area contributed by atoms with E-state index in [9.17, 15) is 0 Å². The minimum atomic E-state index is 0.110. The van der Waals surface area contributed by atoms with Gasteiger partial charge in [0.05, 0.1) is 0 Å². The second-order valence-electron chi connectivity index (χ2n) is 13.5. The topological polar surface area (TPSA) is 9.23 Å². The SMILES string of the molecule is c1ccc(C2c3ccccc3C3c4cc5c(cc4Oc4cccc2c43)Sc2cccc3c2C5c2ccccc2C3c2ccccc2)cc1. The smallest absolute Gasteiger partial charge is 0.132 e. The molecule has 11 rings (SSSR count). The summed E-state index contributed by atoms with van der Waals surface area (Å²) in [5.41, 5.74) is 16.5. The van der Waals surface area contributed by atoms with E-state index in [2.05, 4.69) is 158 Å². The van der Waals surface area contributed by atoms with E-state index in [0.29, 0.717) is 0 Å². The minimum Gasteiger partial charge on any atom is -0.457 e. The fourth-order valence-electron chi connectivity index (χ4n) is 9.26. The Balaban J connectivity index is 1.15. The van der Waals surface area contributed by atoms with Gasteiger partial charge in [0.15, 0.2) is 0 Å². The lowest BCUT2D eigenvalue weighted by molar-refractivity contribution is 0.446. The van der Waals surface area contributed by atoms with Gasteiger partial charge >= 0.3 is 0 Å². The van der Waals surface area contributed by atoms with Gasteiger partial charge < -0.3 is 4.74 Å². The molecule has 2 aliphatic heterocycles. The zero-order valence-corrected chi connectivity index (χ0v) is 27.0. The van der Waals surface area contributed by atoms with Crippen molar-refractivity contribution in [1.29, 1.82) is 0 Å². The monoisotopic (exact) mass is 630 g/mol. The normalized spacial score (nSPS) is 20.2. The van der Waals surface area contributed by atoms with Crippen LogP contribution in [0, 0.1) is 0 Å². The van der Waals surface area contributed by atoms with Gasteiger partial charge in [-0.25, -0.2) is 0 Å².